The Bertz CT molecular complexity index is 1070. The van der Waals surface area contributed by atoms with Crippen LogP contribution in [0.1, 0.15) is 40.4 Å². The Balaban J connectivity index is 1.52. The number of rotatable bonds is 9. The second-order valence-electron chi connectivity index (χ2n) is 8.07. The van der Waals surface area contributed by atoms with Gasteiger partial charge in [0.05, 0.1) is 12.7 Å². The number of pyridine rings is 1. The van der Waals surface area contributed by atoms with Crippen LogP contribution in [0, 0.1) is 6.92 Å². The van der Waals surface area contributed by atoms with Crippen molar-refractivity contribution in [2.24, 2.45) is 0 Å². The highest BCUT2D eigenvalue weighted by Crippen LogP contribution is 2.18. The van der Waals surface area contributed by atoms with Crippen molar-refractivity contribution < 1.29 is 0 Å². The predicted octanol–water partition coefficient (Wildman–Crippen LogP) is 5.40. The molecule has 0 aliphatic carbocycles. The summed E-state index contributed by atoms with van der Waals surface area (Å²) in [6, 6.07) is 23.6. The molecule has 2 aromatic carbocycles. The molecule has 2 heterocycles. The summed E-state index contributed by atoms with van der Waals surface area (Å²) in [5.41, 5.74) is 7.69. The third-order valence-corrected chi connectivity index (χ3v) is 5.74. The molecular weight excluding hydrogens is 380 g/mol. The van der Waals surface area contributed by atoms with E-state index in [1.807, 2.05) is 30.7 Å². The molecule has 0 radical (unpaired) electrons. The van der Waals surface area contributed by atoms with E-state index in [2.05, 4.69) is 88.1 Å². The van der Waals surface area contributed by atoms with Crippen molar-refractivity contribution in [3.05, 3.63) is 119 Å². The van der Waals surface area contributed by atoms with Crippen LogP contribution in [0.15, 0.2) is 85.3 Å². The van der Waals surface area contributed by atoms with E-state index in [9.17, 15) is 0 Å². The minimum atomic E-state index is 0.799. The fourth-order valence-electron chi connectivity index (χ4n) is 3.85. The zero-order chi connectivity index (χ0) is 21.5. The number of aryl methyl sites for hydroxylation is 1. The van der Waals surface area contributed by atoms with Gasteiger partial charge in [-0.15, -0.1) is 0 Å². The van der Waals surface area contributed by atoms with Gasteiger partial charge in [-0.1, -0.05) is 67.6 Å². The number of aromatic nitrogens is 3. The molecule has 0 unspecified atom stereocenters. The minimum absolute atomic E-state index is 0.799. The van der Waals surface area contributed by atoms with E-state index in [1.165, 1.54) is 33.5 Å². The largest absolute Gasteiger partial charge is 0.290 e. The van der Waals surface area contributed by atoms with Gasteiger partial charge in [-0.2, -0.15) is 5.10 Å². The van der Waals surface area contributed by atoms with E-state index in [1.54, 1.807) is 0 Å². The maximum Gasteiger partial charge on any atom is 0.0662 e. The van der Waals surface area contributed by atoms with Gasteiger partial charge in [0.15, 0.2) is 0 Å². The van der Waals surface area contributed by atoms with Crippen molar-refractivity contribution >= 4 is 0 Å². The molecule has 0 amide bonds. The van der Waals surface area contributed by atoms with Crippen LogP contribution in [0.3, 0.4) is 0 Å². The smallest absolute Gasteiger partial charge is 0.0662 e. The lowest BCUT2D eigenvalue weighted by Crippen LogP contribution is -2.23. The Morgan fingerprint density at radius 1 is 0.742 bits per heavy atom. The van der Waals surface area contributed by atoms with E-state index >= 15 is 0 Å². The first-order valence-corrected chi connectivity index (χ1v) is 11.0. The summed E-state index contributed by atoms with van der Waals surface area (Å²) in [7, 11) is 0. The van der Waals surface area contributed by atoms with Crippen molar-refractivity contribution in [1.29, 1.82) is 0 Å². The lowest BCUT2D eigenvalue weighted by Gasteiger charge is -2.22. The van der Waals surface area contributed by atoms with Crippen LogP contribution in [0.4, 0.5) is 0 Å². The molecule has 4 rings (SSSR count). The Kier molecular flexibility index (Phi) is 6.90. The summed E-state index contributed by atoms with van der Waals surface area (Å²) in [6.45, 7) is 7.76. The van der Waals surface area contributed by atoms with Crippen molar-refractivity contribution in [3.8, 4) is 0 Å². The van der Waals surface area contributed by atoms with Crippen LogP contribution < -0.4 is 0 Å². The summed E-state index contributed by atoms with van der Waals surface area (Å²) < 4.78 is 2.10. The Hall–Kier alpha value is -3.24. The van der Waals surface area contributed by atoms with Gasteiger partial charge >= 0.3 is 0 Å². The van der Waals surface area contributed by atoms with Gasteiger partial charge in [-0.3, -0.25) is 14.6 Å². The lowest BCUT2D eigenvalue weighted by molar-refractivity contribution is 0.247. The van der Waals surface area contributed by atoms with Crippen LogP contribution in [0.25, 0.3) is 0 Å². The van der Waals surface area contributed by atoms with Crippen LogP contribution in [-0.4, -0.2) is 19.7 Å². The molecule has 2 aromatic heterocycles. The summed E-state index contributed by atoms with van der Waals surface area (Å²) in [5.74, 6) is 0. The summed E-state index contributed by atoms with van der Waals surface area (Å²) in [4.78, 5) is 6.77. The molecule has 158 valence electrons. The molecule has 0 atom stereocenters. The first-order valence-electron chi connectivity index (χ1n) is 11.0. The molecule has 31 heavy (non-hydrogen) atoms. The van der Waals surface area contributed by atoms with Crippen LogP contribution >= 0.6 is 0 Å². The molecule has 0 saturated heterocycles. The van der Waals surface area contributed by atoms with Gasteiger partial charge in [0.2, 0.25) is 0 Å². The monoisotopic (exact) mass is 410 g/mol. The standard InChI is InChI=1S/C27H30N4/c1-3-23-11-13-25(14-12-23)18-30(19-26-10-7-15-28-16-26)21-27-17-29-31(22(27)2)20-24-8-5-4-6-9-24/h4-17H,3,18-21H2,1-2H3. The quantitative estimate of drug-likeness (QED) is 0.370. The van der Waals surface area contributed by atoms with E-state index in [4.69, 9.17) is 0 Å². The summed E-state index contributed by atoms with van der Waals surface area (Å²) in [6.07, 6.45) is 6.88. The minimum Gasteiger partial charge on any atom is -0.290 e. The van der Waals surface area contributed by atoms with Crippen LogP contribution in [0.5, 0.6) is 0 Å². The number of hydrogen-bond acceptors (Lipinski definition) is 3. The summed E-state index contributed by atoms with van der Waals surface area (Å²) >= 11 is 0. The number of nitrogens with zero attached hydrogens (tertiary/aromatic N) is 4. The molecule has 4 nitrogen and oxygen atoms in total. The number of benzene rings is 2. The predicted molar refractivity (Wildman–Crippen MR) is 126 cm³/mol. The van der Waals surface area contributed by atoms with Gasteiger partial charge in [0.25, 0.3) is 0 Å². The van der Waals surface area contributed by atoms with Gasteiger partial charge in [0.1, 0.15) is 0 Å². The Labute approximate surface area is 185 Å². The van der Waals surface area contributed by atoms with Crippen molar-refractivity contribution in [2.75, 3.05) is 0 Å². The molecule has 0 bridgehead atoms. The van der Waals surface area contributed by atoms with Gasteiger partial charge in [-0.25, -0.2) is 0 Å². The van der Waals surface area contributed by atoms with Gasteiger partial charge in [0, 0.05) is 43.3 Å². The molecule has 0 fully saturated rings. The average molecular weight is 411 g/mol. The van der Waals surface area contributed by atoms with Crippen molar-refractivity contribution in [3.63, 3.8) is 0 Å². The Morgan fingerprint density at radius 2 is 1.45 bits per heavy atom. The van der Waals surface area contributed by atoms with Crippen molar-refractivity contribution in [1.82, 2.24) is 19.7 Å². The van der Waals surface area contributed by atoms with Crippen LogP contribution in [0.2, 0.25) is 0 Å². The van der Waals surface area contributed by atoms with Crippen LogP contribution in [-0.2, 0) is 32.6 Å². The highest BCUT2D eigenvalue weighted by molar-refractivity contribution is 5.24. The molecule has 4 heteroatoms. The van der Waals surface area contributed by atoms with E-state index in [0.717, 1.165) is 32.6 Å². The third-order valence-electron chi connectivity index (χ3n) is 5.74. The maximum atomic E-state index is 4.68. The molecule has 4 aromatic rings. The third kappa shape index (κ3) is 5.68. The zero-order valence-corrected chi connectivity index (χ0v) is 18.4. The topological polar surface area (TPSA) is 34.0 Å². The first kappa shape index (κ1) is 21.0. The van der Waals surface area contributed by atoms with Gasteiger partial charge < -0.3 is 0 Å². The fourth-order valence-corrected chi connectivity index (χ4v) is 3.85. The van der Waals surface area contributed by atoms with E-state index in [-0.39, 0.29) is 0 Å². The molecule has 0 saturated carbocycles. The highest BCUT2D eigenvalue weighted by atomic mass is 15.3. The lowest BCUT2D eigenvalue weighted by atomic mass is 10.1. The second-order valence-corrected chi connectivity index (χ2v) is 8.07. The maximum absolute atomic E-state index is 4.68. The first-order chi connectivity index (χ1) is 15.2. The average Bonchev–Trinajstić information content (AvgIpc) is 3.14. The number of hydrogen-bond donors (Lipinski definition) is 0. The van der Waals surface area contributed by atoms with Crippen molar-refractivity contribution in [2.45, 2.75) is 46.4 Å². The molecule has 0 N–H and O–H groups in total. The second kappa shape index (κ2) is 10.2. The molecule has 0 aliphatic heterocycles. The zero-order valence-electron chi connectivity index (χ0n) is 18.4. The normalized spacial score (nSPS) is 11.2. The fraction of sp³-hybridized carbons (Fsp3) is 0.259. The molecule has 0 spiro atoms. The highest BCUT2D eigenvalue weighted by Gasteiger charge is 2.13. The van der Waals surface area contributed by atoms with E-state index < -0.39 is 0 Å². The molecular formula is C27H30N4. The van der Waals surface area contributed by atoms with Gasteiger partial charge in [-0.05, 0) is 41.7 Å². The summed E-state index contributed by atoms with van der Waals surface area (Å²) in [5, 5.41) is 4.68. The SMILES string of the molecule is CCc1ccc(CN(Cc2cccnc2)Cc2cnn(Cc3ccccc3)c2C)cc1. The molecule has 0 aliphatic rings. The van der Waals surface area contributed by atoms with E-state index in [0.29, 0.717) is 0 Å². The Morgan fingerprint density at radius 3 is 2.16 bits per heavy atom.